The zero-order valence-electron chi connectivity index (χ0n) is 12.8. The lowest BCUT2D eigenvalue weighted by Crippen LogP contribution is -2.14. The molecule has 0 amide bonds. The van der Waals surface area contributed by atoms with Gasteiger partial charge in [-0.05, 0) is 38.1 Å². The lowest BCUT2D eigenvalue weighted by Gasteiger charge is -2.23. The van der Waals surface area contributed by atoms with E-state index in [4.69, 9.17) is 11.6 Å². The smallest absolute Gasteiger partial charge is 0.120 e. The normalized spacial score (nSPS) is 12.0. The number of aromatic hydroxyl groups is 1. The van der Waals surface area contributed by atoms with Gasteiger partial charge in [-0.25, -0.2) is 0 Å². The first-order valence-corrected chi connectivity index (χ1v) is 7.29. The van der Waals surface area contributed by atoms with Crippen molar-refractivity contribution in [2.24, 2.45) is 0 Å². The summed E-state index contributed by atoms with van der Waals surface area (Å²) >= 11 is 6.10. The number of rotatable bonds is 4. The molecule has 21 heavy (non-hydrogen) atoms. The van der Waals surface area contributed by atoms with Crippen molar-refractivity contribution in [3.63, 3.8) is 0 Å². The molecule has 0 aliphatic rings. The van der Waals surface area contributed by atoms with Crippen molar-refractivity contribution in [1.82, 2.24) is 0 Å². The van der Waals surface area contributed by atoms with Gasteiger partial charge >= 0.3 is 0 Å². The monoisotopic (exact) mass is 304 g/mol. The van der Waals surface area contributed by atoms with Gasteiger partial charge in [-0.15, -0.1) is 0 Å². The summed E-state index contributed by atoms with van der Waals surface area (Å²) in [5, 5.41) is 14.2. The molecule has 0 aliphatic heterocycles. The van der Waals surface area contributed by atoms with Crippen LogP contribution < -0.4 is 10.2 Å². The molecule has 0 heterocycles. The third-order valence-corrected chi connectivity index (χ3v) is 3.70. The molecule has 2 aromatic carbocycles. The fourth-order valence-corrected chi connectivity index (χ4v) is 2.52. The van der Waals surface area contributed by atoms with E-state index in [0.29, 0.717) is 10.8 Å². The predicted molar refractivity (Wildman–Crippen MR) is 90.7 cm³/mol. The van der Waals surface area contributed by atoms with E-state index in [1.54, 1.807) is 6.07 Å². The quantitative estimate of drug-likeness (QED) is 0.867. The van der Waals surface area contributed by atoms with Crippen molar-refractivity contribution in [3.8, 4) is 5.75 Å². The second-order valence-corrected chi connectivity index (χ2v) is 5.92. The molecule has 1 unspecified atom stereocenters. The molecule has 112 valence electrons. The molecule has 0 saturated heterocycles. The highest BCUT2D eigenvalue weighted by atomic mass is 35.5. The first-order valence-electron chi connectivity index (χ1n) is 6.91. The van der Waals surface area contributed by atoms with Crippen molar-refractivity contribution in [2.45, 2.75) is 19.9 Å². The van der Waals surface area contributed by atoms with Gasteiger partial charge in [-0.1, -0.05) is 29.3 Å². The van der Waals surface area contributed by atoms with Crippen molar-refractivity contribution in [1.29, 1.82) is 0 Å². The fourth-order valence-electron chi connectivity index (χ4n) is 2.35. The maximum Gasteiger partial charge on any atom is 0.120 e. The van der Waals surface area contributed by atoms with Gasteiger partial charge in [-0.2, -0.15) is 0 Å². The Kier molecular flexibility index (Phi) is 4.63. The highest BCUT2D eigenvalue weighted by Gasteiger charge is 2.13. The molecule has 0 bridgehead atoms. The van der Waals surface area contributed by atoms with Crippen LogP contribution in [0.5, 0.6) is 5.75 Å². The second kappa shape index (κ2) is 6.27. The lowest BCUT2D eigenvalue weighted by molar-refractivity contribution is 0.465. The molecule has 1 atom stereocenters. The van der Waals surface area contributed by atoms with E-state index in [1.165, 1.54) is 0 Å². The highest BCUT2D eigenvalue weighted by molar-refractivity contribution is 6.31. The van der Waals surface area contributed by atoms with Crippen LogP contribution in [0.3, 0.4) is 0 Å². The largest absolute Gasteiger partial charge is 0.508 e. The number of halogens is 1. The maximum atomic E-state index is 10.0. The SMILES string of the molecule is Cc1ccc(O)c(C(C)Nc2cc(Cl)ccc2N(C)C)c1. The van der Waals surface area contributed by atoms with Gasteiger partial charge in [0.2, 0.25) is 0 Å². The molecular formula is C17H21ClN2O. The minimum Gasteiger partial charge on any atom is -0.508 e. The van der Waals surface area contributed by atoms with Gasteiger partial charge < -0.3 is 15.3 Å². The predicted octanol–water partition coefficient (Wildman–Crippen LogP) is 4.59. The van der Waals surface area contributed by atoms with Crippen LogP contribution in [0.1, 0.15) is 24.1 Å². The fraction of sp³-hybridized carbons (Fsp3) is 0.294. The van der Waals surface area contributed by atoms with E-state index in [9.17, 15) is 5.11 Å². The molecule has 0 aromatic heterocycles. The van der Waals surface area contributed by atoms with E-state index >= 15 is 0 Å². The average molecular weight is 305 g/mol. The topological polar surface area (TPSA) is 35.5 Å². The number of benzene rings is 2. The summed E-state index contributed by atoms with van der Waals surface area (Å²) < 4.78 is 0. The first-order chi connectivity index (χ1) is 9.88. The molecule has 2 N–H and O–H groups in total. The molecule has 0 aliphatic carbocycles. The Labute approximate surface area is 131 Å². The number of anilines is 2. The molecule has 2 aromatic rings. The van der Waals surface area contributed by atoms with Crippen LogP contribution in [0.15, 0.2) is 36.4 Å². The van der Waals surface area contributed by atoms with Crippen LogP contribution in [0.4, 0.5) is 11.4 Å². The third-order valence-electron chi connectivity index (χ3n) is 3.46. The van der Waals surface area contributed by atoms with Gasteiger partial charge in [0, 0.05) is 24.7 Å². The number of phenolic OH excluding ortho intramolecular Hbond substituents is 1. The van der Waals surface area contributed by atoms with Gasteiger partial charge in [0.15, 0.2) is 0 Å². The molecule has 0 fully saturated rings. The van der Waals surface area contributed by atoms with Crippen molar-refractivity contribution < 1.29 is 5.11 Å². The molecule has 0 radical (unpaired) electrons. The third kappa shape index (κ3) is 3.61. The van der Waals surface area contributed by atoms with Gasteiger partial charge in [0.1, 0.15) is 5.75 Å². The summed E-state index contributed by atoms with van der Waals surface area (Å²) in [5.41, 5.74) is 3.99. The summed E-state index contributed by atoms with van der Waals surface area (Å²) in [6.07, 6.45) is 0. The summed E-state index contributed by atoms with van der Waals surface area (Å²) in [7, 11) is 3.98. The number of nitrogens with one attached hydrogen (secondary N) is 1. The second-order valence-electron chi connectivity index (χ2n) is 5.48. The molecule has 2 rings (SSSR count). The molecule has 4 heteroatoms. The number of phenols is 1. The van der Waals surface area contributed by atoms with E-state index < -0.39 is 0 Å². The summed E-state index contributed by atoms with van der Waals surface area (Å²) in [4.78, 5) is 2.03. The van der Waals surface area contributed by atoms with E-state index in [1.807, 2.05) is 63.2 Å². The van der Waals surface area contributed by atoms with Crippen molar-refractivity contribution >= 4 is 23.0 Å². The zero-order chi connectivity index (χ0) is 15.6. The van der Waals surface area contributed by atoms with Gasteiger partial charge in [0.05, 0.1) is 17.4 Å². The average Bonchev–Trinajstić information content (AvgIpc) is 2.41. The van der Waals surface area contributed by atoms with Crippen LogP contribution in [-0.4, -0.2) is 19.2 Å². The number of nitrogens with zero attached hydrogens (tertiary/aromatic N) is 1. The summed E-state index contributed by atoms with van der Waals surface area (Å²) in [6.45, 7) is 4.04. The highest BCUT2D eigenvalue weighted by Crippen LogP contribution is 2.33. The number of hydrogen-bond donors (Lipinski definition) is 2. The lowest BCUT2D eigenvalue weighted by atomic mass is 10.0. The first kappa shape index (κ1) is 15.5. The standard InChI is InChI=1S/C17H21ClN2O/c1-11-5-8-17(21)14(9-11)12(2)19-15-10-13(18)6-7-16(15)20(3)4/h5-10,12,19,21H,1-4H3. The Morgan fingerprint density at radius 1 is 1.14 bits per heavy atom. The Balaban J connectivity index is 2.33. The molecule has 0 saturated carbocycles. The van der Waals surface area contributed by atoms with Crippen LogP contribution in [0, 0.1) is 6.92 Å². The number of hydrogen-bond acceptors (Lipinski definition) is 3. The van der Waals surface area contributed by atoms with Gasteiger partial charge in [-0.3, -0.25) is 0 Å². The van der Waals surface area contributed by atoms with Gasteiger partial charge in [0.25, 0.3) is 0 Å². The Bertz CT molecular complexity index is 641. The zero-order valence-corrected chi connectivity index (χ0v) is 13.6. The molecule has 0 spiro atoms. The molecule has 3 nitrogen and oxygen atoms in total. The maximum absolute atomic E-state index is 10.0. The minimum absolute atomic E-state index is 0.0259. The molecular weight excluding hydrogens is 284 g/mol. The van der Waals surface area contributed by atoms with Crippen LogP contribution in [0.25, 0.3) is 0 Å². The van der Waals surface area contributed by atoms with Crippen molar-refractivity contribution in [2.75, 3.05) is 24.3 Å². The summed E-state index contributed by atoms with van der Waals surface area (Å²) in [5.74, 6) is 0.300. The Hall–Kier alpha value is -1.87. The van der Waals surface area contributed by atoms with Crippen LogP contribution >= 0.6 is 11.6 Å². The number of aryl methyl sites for hydroxylation is 1. The Morgan fingerprint density at radius 2 is 1.86 bits per heavy atom. The van der Waals surface area contributed by atoms with Crippen molar-refractivity contribution in [3.05, 3.63) is 52.5 Å². The summed E-state index contributed by atoms with van der Waals surface area (Å²) in [6, 6.07) is 11.4. The van der Waals surface area contributed by atoms with Crippen LogP contribution in [0.2, 0.25) is 5.02 Å². The van der Waals surface area contributed by atoms with E-state index in [2.05, 4.69) is 5.32 Å². The Morgan fingerprint density at radius 3 is 2.52 bits per heavy atom. The van der Waals surface area contributed by atoms with E-state index in [-0.39, 0.29) is 6.04 Å². The minimum atomic E-state index is -0.0259. The van der Waals surface area contributed by atoms with Crippen LogP contribution in [-0.2, 0) is 0 Å². The van der Waals surface area contributed by atoms with E-state index in [0.717, 1.165) is 22.5 Å².